The van der Waals surface area contributed by atoms with Crippen molar-refractivity contribution in [2.45, 2.75) is 18.9 Å². The van der Waals surface area contributed by atoms with Crippen LogP contribution in [0.5, 0.6) is 0 Å². The molecule has 6 rings (SSSR count). The normalized spacial score (nSPS) is 15.0. The molecule has 0 atom stereocenters. The van der Waals surface area contributed by atoms with Gasteiger partial charge in [-0.2, -0.15) is 0 Å². The van der Waals surface area contributed by atoms with Crippen LogP contribution in [0.3, 0.4) is 0 Å². The maximum Gasteiger partial charge on any atom is 0.139 e. The molecule has 0 bridgehead atoms. The lowest BCUT2D eigenvalue weighted by molar-refractivity contribution is 0.502. The average Bonchev–Trinajstić information content (AvgIpc) is 3.28. The van der Waals surface area contributed by atoms with Crippen molar-refractivity contribution in [3.8, 4) is 16.9 Å². The third-order valence-corrected chi connectivity index (χ3v) is 6.35. The molecule has 3 aromatic heterocycles. The van der Waals surface area contributed by atoms with Crippen LogP contribution in [-0.2, 0) is 0 Å². The Morgan fingerprint density at radius 3 is 2.66 bits per heavy atom. The summed E-state index contributed by atoms with van der Waals surface area (Å²) in [6, 6.07) is 21.2. The fraction of sp³-hybridized carbons (Fsp3) is 0.192. The quantitative estimate of drug-likeness (QED) is 0.463. The first-order valence-corrected chi connectivity index (χ1v) is 11.0. The largest absolute Gasteiger partial charge is 0.370 e. The highest BCUT2D eigenvalue weighted by atomic mass is 15.2. The van der Waals surface area contributed by atoms with Crippen LogP contribution in [0.1, 0.15) is 12.8 Å². The summed E-state index contributed by atoms with van der Waals surface area (Å²) in [6.45, 7) is 1.94. The Hall–Kier alpha value is -3.77. The number of imidazole rings is 1. The van der Waals surface area contributed by atoms with E-state index in [0.29, 0.717) is 6.04 Å². The minimum Gasteiger partial charge on any atom is -0.370 e. The summed E-state index contributed by atoms with van der Waals surface area (Å²) >= 11 is 0. The second-order valence-electron chi connectivity index (χ2n) is 8.40. The van der Waals surface area contributed by atoms with E-state index in [1.165, 1.54) is 5.69 Å². The Labute approximate surface area is 186 Å². The Kier molecular flexibility index (Phi) is 4.58. The molecule has 1 aliphatic heterocycles. The second-order valence-corrected chi connectivity index (χ2v) is 8.40. The van der Waals surface area contributed by atoms with Gasteiger partial charge in [-0.25, -0.2) is 9.97 Å². The minimum atomic E-state index is 0.304. The average molecular weight is 421 g/mol. The van der Waals surface area contributed by atoms with E-state index in [0.717, 1.165) is 64.8 Å². The molecule has 0 radical (unpaired) electrons. The molecular formula is C26H24N6. The fourth-order valence-electron chi connectivity index (χ4n) is 4.56. The summed E-state index contributed by atoms with van der Waals surface area (Å²) in [5.41, 5.74) is 12.5. The van der Waals surface area contributed by atoms with Crippen molar-refractivity contribution in [3.63, 3.8) is 0 Å². The van der Waals surface area contributed by atoms with Crippen molar-refractivity contribution < 1.29 is 0 Å². The van der Waals surface area contributed by atoms with Crippen molar-refractivity contribution >= 4 is 27.6 Å². The number of aromatic nitrogens is 4. The predicted octanol–water partition coefficient (Wildman–Crippen LogP) is 4.56. The Morgan fingerprint density at radius 2 is 1.81 bits per heavy atom. The standard InChI is InChI=1S/C26H24N6/c27-21-10-13-31(14-11-21)24-5-1-3-18-7-9-25(30-26(18)24)32-17-29-22-15-19(6-8-23(22)32)20-4-2-12-28-16-20/h1-9,12,15-17,21H,10-11,13-14,27H2. The lowest BCUT2D eigenvalue weighted by atomic mass is 10.0. The first kappa shape index (κ1) is 19.0. The van der Waals surface area contributed by atoms with Gasteiger partial charge < -0.3 is 10.6 Å². The van der Waals surface area contributed by atoms with Gasteiger partial charge in [-0.3, -0.25) is 9.55 Å². The first-order valence-electron chi connectivity index (χ1n) is 11.0. The zero-order valence-corrected chi connectivity index (χ0v) is 17.7. The maximum atomic E-state index is 6.12. The van der Waals surface area contributed by atoms with Crippen molar-refractivity contribution in [1.82, 2.24) is 19.5 Å². The molecule has 6 nitrogen and oxygen atoms in total. The number of nitrogens with zero attached hydrogens (tertiary/aromatic N) is 5. The lowest BCUT2D eigenvalue weighted by Crippen LogP contribution is -2.39. The third-order valence-electron chi connectivity index (χ3n) is 6.35. The van der Waals surface area contributed by atoms with Crippen molar-refractivity contribution in [2.75, 3.05) is 18.0 Å². The summed E-state index contributed by atoms with van der Waals surface area (Å²) in [6.07, 6.45) is 7.55. The van der Waals surface area contributed by atoms with Gasteiger partial charge in [0, 0.05) is 42.5 Å². The molecule has 0 amide bonds. The van der Waals surface area contributed by atoms with Crippen molar-refractivity contribution in [3.05, 3.63) is 79.4 Å². The number of hydrogen-bond acceptors (Lipinski definition) is 5. The number of fused-ring (bicyclic) bond motifs is 2. The number of piperidine rings is 1. The zero-order chi connectivity index (χ0) is 21.5. The molecule has 158 valence electrons. The van der Waals surface area contributed by atoms with Crippen LogP contribution < -0.4 is 10.6 Å². The molecule has 2 aromatic carbocycles. The molecule has 1 saturated heterocycles. The van der Waals surface area contributed by atoms with Crippen molar-refractivity contribution in [2.24, 2.45) is 5.73 Å². The summed E-state index contributed by atoms with van der Waals surface area (Å²) in [7, 11) is 0. The molecule has 5 aromatic rings. The van der Waals surface area contributed by atoms with Crippen LogP contribution in [-0.4, -0.2) is 38.7 Å². The number of nitrogens with two attached hydrogens (primary N) is 1. The summed E-state index contributed by atoms with van der Waals surface area (Å²) in [4.78, 5) is 16.4. The van der Waals surface area contributed by atoms with Gasteiger partial charge >= 0.3 is 0 Å². The fourth-order valence-corrected chi connectivity index (χ4v) is 4.56. The van der Waals surface area contributed by atoms with Gasteiger partial charge in [0.05, 0.1) is 22.2 Å². The molecule has 0 aliphatic carbocycles. The number of rotatable bonds is 3. The third kappa shape index (κ3) is 3.29. The van der Waals surface area contributed by atoms with E-state index in [2.05, 4.69) is 74.0 Å². The van der Waals surface area contributed by atoms with E-state index in [1.54, 1.807) is 6.20 Å². The molecule has 1 fully saturated rings. The summed E-state index contributed by atoms with van der Waals surface area (Å²) in [5, 5.41) is 1.14. The topological polar surface area (TPSA) is 72.9 Å². The molecule has 0 unspecified atom stereocenters. The van der Waals surface area contributed by atoms with E-state index >= 15 is 0 Å². The number of hydrogen-bond donors (Lipinski definition) is 1. The molecule has 2 N–H and O–H groups in total. The number of benzene rings is 2. The molecular weight excluding hydrogens is 396 g/mol. The number of pyridine rings is 2. The summed E-state index contributed by atoms with van der Waals surface area (Å²) in [5.74, 6) is 0.871. The van der Waals surface area contributed by atoms with Gasteiger partial charge in [-0.1, -0.05) is 24.3 Å². The van der Waals surface area contributed by atoms with Crippen LogP contribution in [0.4, 0.5) is 5.69 Å². The van der Waals surface area contributed by atoms with Gasteiger partial charge in [0.25, 0.3) is 0 Å². The van der Waals surface area contributed by atoms with E-state index in [-0.39, 0.29) is 0 Å². The van der Waals surface area contributed by atoms with E-state index in [4.69, 9.17) is 10.7 Å². The Morgan fingerprint density at radius 1 is 0.906 bits per heavy atom. The van der Waals surface area contributed by atoms with Gasteiger partial charge in [-0.15, -0.1) is 0 Å². The van der Waals surface area contributed by atoms with Gasteiger partial charge in [-0.05, 0) is 54.8 Å². The van der Waals surface area contributed by atoms with Crippen LogP contribution in [0.25, 0.3) is 38.9 Å². The minimum absolute atomic E-state index is 0.304. The molecule has 0 saturated carbocycles. The monoisotopic (exact) mass is 420 g/mol. The predicted molar refractivity (Wildman–Crippen MR) is 129 cm³/mol. The molecule has 4 heterocycles. The lowest BCUT2D eigenvalue weighted by Gasteiger charge is -2.32. The molecule has 6 heteroatoms. The van der Waals surface area contributed by atoms with E-state index in [1.807, 2.05) is 18.6 Å². The van der Waals surface area contributed by atoms with Crippen LogP contribution >= 0.6 is 0 Å². The number of anilines is 1. The summed E-state index contributed by atoms with van der Waals surface area (Å²) < 4.78 is 2.06. The number of para-hydroxylation sites is 1. The maximum absolute atomic E-state index is 6.12. The smallest absolute Gasteiger partial charge is 0.139 e. The van der Waals surface area contributed by atoms with Gasteiger partial charge in [0.2, 0.25) is 0 Å². The highest BCUT2D eigenvalue weighted by molar-refractivity contribution is 5.92. The van der Waals surface area contributed by atoms with E-state index in [9.17, 15) is 0 Å². The van der Waals surface area contributed by atoms with Crippen LogP contribution in [0, 0.1) is 0 Å². The highest BCUT2D eigenvalue weighted by Gasteiger charge is 2.19. The van der Waals surface area contributed by atoms with Crippen LogP contribution in [0.2, 0.25) is 0 Å². The van der Waals surface area contributed by atoms with Gasteiger partial charge in [0.15, 0.2) is 0 Å². The van der Waals surface area contributed by atoms with E-state index < -0.39 is 0 Å². The Balaban J connectivity index is 1.42. The molecule has 1 aliphatic rings. The molecule has 32 heavy (non-hydrogen) atoms. The van der Waals surface area contributed by atoms with Crippen molar-refractivity contribution in [1.29, 1.82) is 0 Å². The SMILES string of the molecule is NC1CCN(c2cccc3ccc(-n4cnc5cc(-c6cccnc6)ccc54)nc23)CC1. The van der Waals surface area contributed by atoms with Crippen LogP contribution in [0.15, 0.2) is 79.4 Å². The second kappa shape index (κ2) is 7.73. The first-order chi connectivity index (χ1) is 15.8. The Bertz CT molecular complexity index is 1400. The molecule has 0 spiro atoms. The van der Waals surface area contributed by atoms with Gasteiger partial charge in [0.1, 0.15) is 12.1 Å². The zero-order valence-electron chi connectivity index (χ0n) is 17.7. The highest BCUT2D eigenvalue weighted by Crippen LogP contribution is 2.30.